The highest BCUT2D eigenvalue weighted by Gasteiger charge is 2.26. The maximum Gasteiger partial charge on any atom is 0.205 e. The van der Waals surface area contributed by atoms with Gasteiger partial charge in [-0.2, -0.15) is 0 Å². The van der Waals surface area contributed by atoms with Crippen LogP contribution in [0.4, 0.5) is 5.13 Å². The molecular weight excluding hydrogens is 220 g/mol. The third-order valence-corrected chi connectivity index (χ3v) is 3.94. The van der Waals surface area contributed by atoms with Crippen molar-refractivity contribution in [2.45, 2.75) is 33.2 Å². The molecule has 0 aromatic carbocycles. The van der Waals surface area contributed by atoms with Gasteiger partial charge in [0.1, 0.15) is 5.01 Å². The normalized spacial score (nSPS) is 20.9. The molecule has 90 valence electrons. The SMILES string of the molecule is CNc1nnc(CN2CCCC(C)(C)C2)s1. The number of nitrogens with one attached hydrogen (secondary N) is 1. The number of hydrogen-bond donors (Lipinski definition) is 1. The van der Waals surface area contributed by atoms with Crippen LogP contribution in [0.2, 0.25) is 0 Å². The van der Waals surface area contributed by atoms with Crippen LogP contribution in [0.3, 0.4) is 0 Å². The van der Waals surface area contributed by atoms with Crippen LogP contribution in [0.1, 0.15) is 31.7 Å². The molecule has 0 amide bonds. The van der Waals surface area contributed by atoms with Gasteiger partial charge in [-0.3, -0.25) is 4.90 Å². The van der Waals surface area contributed by atoms with Crippen LogP contribution in [0, 0.1) is 5.41 Å². The summed E-state index contributed by atoms with van der Waals surface area (Å²) in [4.78, 5) is 2.49. The number of rotatable bonds is 3. The smallest absolute Gasteiger partial charge is 0.205 e. The third-order valence-electron chi connectivity index (χ3n) is 3.02. The highest BCUT2D eigenvalue weighted by atomic mass is 32.1. The van der Waals surface area contributed by atoms with E-state index in [0.29, 0.717) is 5.41 Å². The van der Waals surface area contributed by atoms with E-state index in [2.05, 4.69) is 34.3 Å². The summed E-state index contributed by atoms with van der Waals surface area (Å²) in [7, 11) is 1.88. The molecule has 1 fully saturated rings. The molecule has 1 aromatic rings. The summed E-state index contributed by atoms with van der Waals surface area (Å²) in [6.07, 6.45) is 2.63. The summed E-state index contributed by atoms with van der Waals surface area (Å²) in [5, 5.41) is 13.3. The lowest BCUT2D eigenvalue weighted by Gasteiger charge is -2.37. The second kappa shape index (κ2) is 4.67. The first-order valence-electron chi connectivity index (χ1n) is 5.81. The van der Waals surface area contributed by atoms with Crippen LogP contribution in [0.15, 0.2) is 0 Å². The second-order valence-electron chi connectivity index (χ2n) is 5.23. The topological polar surface area (TPSA) is 41.1 Å². The van der Waals surface area contributed by atoms with Gasteiger partial charge < -0.3 is 5.32 Å². The summed E-state index contributed by atoms with van der Waals surface area (Å²) in [6, 6.07) is 0. The Morgan fingerprint density at radius 3 is 2.88 bits per heavy atom. The molecule has 2 rings (SSSR count). The molecule has 1 aliphatic rings. The number of nitrogens with zero attached hydrogens (tertiary/aromatic N) is 3. The Kier molecular flexibility index (Phi) is 3.44. The summed E-state index contributed by atoms with van der Waals surface area (Å²) in [6.45, 7) is 8.00. The van der Waals surface area contributed by atoms with E-state index in [4.69, 9.17) is 0 Å². The minimum absolute atomic E-state index is 0.453. The van der Waals surface area contributed by atoms with Gasteiger partial charge in [-0.15, -0.1) is 10.2 Å². The molecule has 1 N–H and O–H groups in total. The molecule has 5 heteroatoms. The Hall–Kier alpha value is -0.680. The van der Waals surface area contributed by atoms with Crippen molar-refractivity contribution in [1.29, 1.82) is 0 Å². The average molecular weight is 240 g/mol. The van der Waals surface area contributed by atoms with Gasteiger partial charge in [-0.1, -0.05) is 25.2 Å². The van der Waals surface area contributed by atoms with Gasteiger partial charge in [-0.05, 0) is 24.8 Å². The lowest BCUT2D eigenvalue weighted by atomic mass is 9.84. The Morgan fingerprint density at radius 1 is 1.44 bits per heavy atom. The fourth-order valence-electron chi connectivity index (χ4n) is 2.29. The van der Waals surface area contributed by atoms with E-state index >= 15 is 0 Å². The summed E-state index contributed by atoms with van der Waals surface area (Å²) in [5.74, 6) is 0. The van der Waals surface area contributed by atoms with Gasteiger partial charge in [0.25, 0.3) is 0 Å². The lowest BCUT2D eigenvalue weighted by molar-refractivity contribution is 0.111. The Labute approximate surface area is 101 Å². The Bertz CT molecular complexity index is 348. The average Bonchev–Trinajstić information content (AvgIpc) is 2.64. The van der Waals surface area contributed by atoms with Crippen molar-refractivity contribution in [3.63, 3.8) is 0 Å². The van der Waals surface area contributed by atoms with Crippen LogP contribution in [0.25, 0.3) is 0 Å². The molecular formula is C11H20N4S. The van der Waals surface area contributed by atoms with Gasteiger partial charge in [0, 0.05) is 13.6 Å². The van der Waals surface area contributed by atoms with Crippen molar-refractivity contribution in [2.24, 2.45) is 5.41 Å². The van der Waals surface area contributed by atoms with E-state index in [1.807, 2.05) is 7.05 Å². The largest absolute Gasteiger partial charge is 0.363 e. The molecule has 0 unspecified atom stereocenters. The van der Waals surface area contributed by atoms with Crippen molar-refractivity contribution in [3.05, 3.63) is 5.01 Å². The predicted octanol–water partition coefficient (Wildman–Crippen LogP) is 2.20. The van der Waals surface area contributed by atoms with Gasteiger partial charge in [0.15, 0.2) is 0 Å². The van der Waals surface area contributed by atoms with E-state index in [-0.39, 0.29) is 0 Å². The first-order chi connectivity index (χ1) is 7.59. The highest BCUT2D eigenvalue weighted by Crippen LogP contribution is 2.29. The molecule has 1 saturated heterocycles. The zero-order chi connectivity index (χ0) is 11.6. The molecule has 0 aliphatic carbocycles. The Morgan fingerprint density at radius 2 is 2.25 bits per heavy atom. The van der Waals surface area contributed by atoms with Gasteiger partial charge >= 0.3 is 0 Å². The highest BCUT2D eigenvalue weighted by molar-refractivity contribution is 7.15. The maximum atomic E-state index is 4.19. The van der Waals surface area contributed by atoms with Crippen molar-refractivity contribution in [2.75, 3.05) is 25.5 Å². The van der Waals surface area contributed by atoms with Crippen LogP contribution in [-0.4, -0.2) is 35.2 Å². The van der Waals surface area contributed by atoms with Gasteiger partial charge in [-0.25, -0.2) is 0 Å². The molecule has 1 aliphatic heterocycles. The zero-order valence-corrected chi connectivity index (χ0v) is 11.1. The van der Waals surface area contributed by atoms with E-state index in [1.54, 1.807) is 11.3 Å². The summed E-state index contributed by atoms with van der Waals surface area (Å²) >= 11 is 1.65. The second-order valence-corrected chi connectivity index (χ2v) is 6.29. The summed E-state index contributed by atoms with van der Waals surface area (Å²) in [5.41, 5.74) is 0.453. The van der Waals surface area contributed by atoms with Crippen LogP contribution >= 0.6 is 11.3 Å². The molecule has 4 nitrogen and oxygen atoms in total. The molecule has 0 radical (unpaired) electrons. The predicted molar refractivity (Wildman–Crippen MR) is 67.7 cm³/mol. The first-order valence-corrected chi connectivity index (χ1v) is 6.63. The van der Waals surface area contributed by atoms with Crippen molar-refractivity contribution < 1.29 is 0 Å². The van der Waals surface area contributed by atoms with Crippen molar-refractivity contribution in [1.82, 2.24) is 15.1 Å². The van der Waals surface area contributed by atoms with Crippen LogP contribution in [-0.2, 0) is 6.54 Å². The van der Waals surface area contributed by atoms with Crippen LogP contribution < -0.4 is 5.32 Å². The molecule has 0 bridgehead atoms. The number of piperidine rings is 1. The minimum atomic E-state index is 0.453. The molecule has 0 saturated carbocycles. The standard InChI is InChI=1S/C11H20N4S/c1-11(2)5-4-6-15(8-11)7-9-13-14-10(12-3)16-9/h4-8H2,1-3H3,(H,12,14). The minimum Gasteiger partial charge on any atom is -0.363 e. The van der Waals surface area contributed by atoms with E-state index in [9.17, 15) is 0 Å². The number of hydrogen-bond acceptors (Lipinski definition) is 5. The van der Waals surface area contributed by atoms with Crippen molar-refractivity contribution >= 4 is 16.5 Å². The monoisotopic (exact) mass is 240 g/mol. The number of likely N-dealkylation sites (tertiary alicyclic amines) is 1. The summed E-state index contributed by atoms with van der Waals surface area (Å²) < 4.78 is 0. The third kappa shape index (κ3) is 2.92. The van der Waals surface area contributed by atoms with E-state index in [0.717, 1.165) is 16.7 Å². The molecule has 1 aromatic heterocycles. The quantitative estimate of drug-likeness (QED) is 0.879. The zero-order valence-electron chi connectivity index (χ0n) is 10.3. The fraction of sp³-hybridized carbons (Fsp3) is 0.818. The van der Waals surface area contributed by atoms with Crippen molar-refractivity contribution in [3.8, 4) is 0 Å². The molecule has 16 heavy (non-hydrogen) atoms. The maximum absolute atomic E-state index is 4.19. The Balaban J connectivity index is 1.94. The number of anilines is 1. The van der Waals surface area contributed by atoms with Gasteiger partial charge in [0.2, 0.25) is 5.13 Å². The number of aromatic nitrogens is 2. The van der Waals surface area contributed by atoms with E-state index < -0.39 is 0 Å². The molecule has 0 spiro atoms. The van der Waals surface area contributed by atoms with Gasteiger partial charge in [0.05, 0.1) is 6.54 Å². The van der Waals surface area contributed by atoms with Crippen LogP contribution in [0.5, 0.6) is 0 Å². The van der Waals surface area contributed by atoms with E-state index in [1.165, 1.54) is 25.9 Å². The molecule has 2 heterocycles. The fourth-order valence-corrected chi connectivity index (χ4v) is 3.03. The molecule has 0 atom stereocenters. The lowest BCUT2D eigenvalue weighted by Crippen LogP contribution is -2.39. The first kappa shape index (κ1) is 11.8.